The molecule has 5 aliphatic rings. The van der Waals surface area contributed by atoms with E-state index >= 15 is 0 Å². The average Bonchev–Trinajstić information content (AvgIpc) is 3.39. The number of hydrogen-bond acceptors (Lipinski definition) is 4. The molecule has 1 aromatic carbocycles. The highest BCUT2D eigenvalue weighted by molar-refractivity contribution is 6.06. The van der Waals surface area contributed by atoms with E-state index in [1.807, 2.05) is 24.3 Å². The predicted octanol–water partition coefficient (Wildman–Crippen LogP) is 2.12. The van der Waals surface area contributed by atoms with E-state index in [9.17, 15) is 9.59 Å². The van der Waals surface area contributed by atoms with E-state index in [1.54, 1.807) is 7.11 Å². The lowest BCUT2D eigenvalue weighted by Crippen LogP contribution is -2.40. The van der Waals surface area contributed by atoms with Gasteiger partial charge in [0.25, 0.3) is 0 Å². The summed E-state index contributed by atoms with van der Waals surface area (Å²) < 4.78 is 5.14. The summed E-state index contributed by atoms with van der Waals surface area (Å²) in [6.45, 7) is 0.242. The van der Waals surface area contributed by atoms with Crippen molar-refractivity contribution in [2.75, 3.05) is 19.1 Å². The number of carbonyl (C=O) groups is 2. The number of rotatable bonds is 4. The molecule has 3 fully saturated rings. The SMILES string of the molecule is COc1ccc(NCN2C(=O)C3C4C=CC(C5CC45)C3C2=O)cc1. The van der Waals surface area contributed by atoms with Crippen LogP contribution in [0.1, 0.15) is 6.42 Å². The van der Waals surface area contributed by atoms with Crippen molar-refractivity contribution in [1.82, 2.24) is 4.90 Å². The zero-order valence-corrected chi connectivity index (χ0v) is 13.5. The lowest BCUT2D eigenvalue weighted by Gasteiger charge is -2.37. The van der Waals surface area contributed by atoms with Gasteiger partial charge in [0, 0.05) is 5.69 Å². The molecule has 1 saturated heterocycles. The molecule has 1 aliphatic heterocycles. The molecule has 2 saturated carbocycles. The normalized spacial score (nSPS) is 38.1. The van der Waals surface area contributed by atoms with Crippen LogP contribution in [0, 0.1) is 35.5 Å². The average molecular weight is 324 g/mol. The van der Waals surface area contributed by atoms with Crippen LogP contribution in [0.5, 0.6) is 5.75 Å². The number of amides is 2. The molecule has 0 aromatic heterocycles. The number of carbonyl (C=O) groups excluding carboxylic acids is 2. The van der Waals surface area contributed by atoms with Gasteiger partial charge in [0.15, 0.2) is 0 Å². The number of hydrogen-bond donors (Lipinski definition) is 1. The third-order valence-corrected chi connectivity index (χ3v) is 6.29. The highest BCUT2D eigenvalue weighted by Crippen LogP contribution is 2.65. The Morgan fingerprint density at radius 3 is 2.17 bits per heavy atom. The second kappa shape index (κ2) is 4.85. The van der Waals surface area contributed by atoms with Crippen molar-refractivity contribution in [2.45, 2.75) is 6.42 Å². The molecule has 6 atom stereocenters. The molecule has 6 unspecified atom stereocenters. The number of ether oxygens (including phenoxy) is 1. The van der Waals surface area contributed by atoms with E-state index < -0.39 is 0 Å². The van der Waals surface area contributed by atoms with Gasteiger partial charge in [-0.15, -0.1) is 0 Å². The summed E-state index contributed by atoms with van der Waals surface area (Å²) in [6.07, 6.45) is 5.59. The fraction of sp³-hybridized carbons (Fsp3) is 0.474. The zero-order valence-electron chi connectivity index (χ0n) is 13.5. The molecule has 2 amide bonds. The van der Waals surface area contributed by atoms with Crippen molar-refractivity contribution in [3.8, 4) is 5.75 Å². The van der Waals surface area contributed by atoms with Gasteiger partial charge in [-0.25, -0.2) is 0 Å². The molecule has 5 heteroatoms. The summed E-state index contributed by atoms with van der Waals surface area (Å²) in [5.74, 6) is 2.43. The topological polar surface area (TPSA) is 58.6 Å². The minimum atomic E-state index is -0.117. The number of nitrogens with zero attached hydrogens (tertiary/aromatic N) is 1. The Morgan fingerprint density at radius 1 is 1.04 bits per heavy atom. The number of methoxy groups -OCH3 is 1. The smallest absolute Gasteiger partial charge is 0.235 e. The van der Waals surface area contributed by atoms with Crippen LogP contribution >= 0.6 is 0 Å². The van der Waals surface area contributed by atoms with Gasteiger partial charge in [0.1, 0.15) is 5.75 Å². The van der Waals surface area contributed by atoms with Crippen molar-refractivity contribution in [1.29, 1.82) is 0 Å². The van der Waals surface area contributed by atoms with Crippen LogP contribution in [-0.4, -0.2) is 30.5 Å². The van der Waals surface area contributed by atoms with E-state index in [0.717, 1.165) is 11.4 Å². The quantitative estimate of drug-likeness (QED) is 0.681. The van der Waals surface area contributed by atoms with Crippen LogP contribution in [0.25, 0.3) is 0 Å². The minimum Gasteiger partial charge on any atom is -0.497 e. The van der Waals surface area contributed by atoms with Crippen LogP contribution in [0.4, 0.5) is 5.69 Å². The summed E-state index contributed by atoms with van der Waals surface area (Å²) >= 11 is 0. The van der Waals surface area contributed by atoms with Crippen molar-refractivity contribution in [2.24, 2.45) is 35.5 Å². The first-order valence-corrected chi connectivity index (χ1v) is 8.60. The molecular weight excluding hydrogens is 304 g/mol. The van der Waals surface area contributed by atoms with Gasteiger partial charge >= 0.3 is 0 Å². The van der Waals surface area contributed by atoms with Crippen molar-refractivity contribution >= 4 is 17.5 Å². The molecule has 2 bridgehead atoms. The van der Waals surface area contributed by atoms with Gasteiger partial charge < -0.3 is 10.1 Å². The van der Waals surface area contributed by atoms with E-state index in [-0.39, 0.29) is 42.2 Å². The third kappa shape index (κ3) is 1.81. The predicted molar refractivity (Wildman–Crippen MR) is 88.0 cm³/mol. The first-order chi connectivity index (χ1) is 11.7. The van der Waals surface area contributed by atoms with Crippen molar-refractivity contribution in [3.63, 3.8) is 0 Å². The first-order valence-electron chi connectivity index (χ1n) is 8.60. The fourth-order valence-electron chi connectivity index (χ4n) is 5.05. The van der Waals surface area contributed by atoms with Gasteiger partial charge in [0.05, 0.1) is 25.6 Å². The van der Waals surface area contributed by atoms with Crippen LogP contribution in [-0.2, 0) is 9.59 Å². The lowest BCUT2D eigenvalue weighted by molar-refractivity contribution is -0.139. The monoisotopic (exact) mass is 324 g/mol. The Bertz CT molecular complexity index is 705. The second-order valence-electron chi connectivity index (χ2n) is 7.32. The molecule has 5 nitrogen and oxygen atoms in total. The van der Waals surface area contributed by atoms with Gasteiger partial charge in [-0.3, -0.25) is 14.5 Å². The molecule has 0 spiro atoms. The summed E-state index contributed by atoms with van der Waals surface area (Å²) in [5, 5.41) is 3.19. The molecule has 0 radical (unpaired) electrons. The standard InChI is InChI=1S/C19H20N2O3/c1-24-11-4-2-10(3-5-11)20-9-21-18(22)16-12-6-7-13(15-8-14(12)15)17(16)19(21)23/h2-7,12-17,20H,8-9H2,1H3. The van der Waals surface area contributed by atoms with E-state index in [4.69, 9.17) is 4.74 Å². The Labute approximate surface area is 140 Å². The molecule has 1 heterocycles. The summed E-state index contributed by atoms with van der Waals surface area (Å²) in [7, 11) is 1.62. The number of anilines is 1. The molecular formula is C19H20N2O3. The summed E-state index contributed by atoms with van der Waals surface area (Å²) in [4.78, 5) is 27.1. The maximum atomic E-state index is 12.8. The Hall–Kier alpha value is -2.30. The number of allylic oxidation sites excluding steroid dienone is 2. The van der Waals surface area contributed by atoms with Crippen LogP contribution < -0.4 is 10.1 Å². The van der Waals surface area contributed by atoms with Crippen molar-refractivity contribution in [3.05, 3.63) is 36.4 Å². The largest absolute Gasteiger partial charge is 0.497 e. The van der Waals surface area contributed by atoms with Crippen molar-refractivity contribution < 1.29 is 14.3 Å². The maximum Gasteiger partial charge on any atom is 0.235 e. The number of benzene rings is 1. The highest BCUT2D eigenvalue weighted by atomic mass is 16.5. The number of imide groups is 1. The Kier molecular flexibility index (Phi) is 2.84. The summed E-state index contributed by atoms with van der Waals surface area (Å²) in [5.41, 5.74) is 0.871. The molecule has 6 rings (SSSR count). The second-order valence-corrected chi connectivity index (χ2v) is 7.32. The number of nitrogens with one attached hydrogen (secondary N) is 1. The lowest BCUT2D eigenvalue weighted by atomic mass is 9.63. The van der Waals surface area contributed by atoms with Crippen LogP contribution in [0.3, 0.4) is 0 Å². The molecule has 124 valence electrons. The molecule has 1 aromatic rings. The van der Waals surface area contributed by atoms with Gasteiger partial charge in [-0.1, -0.05) is 12.2 Å². The van der Waals surface area contributed by atoms with E-state index in [0.29, 0.717) is 11.8 Å². The van der Waals surface area contributed by atoms with E-state index in [2.05, 4.69) is 17.5 Å². The van der Waals surface area contributed by atoms with Gasteiger partial charge in [-0.2, -0.15) is 0 Å². The third-order valence-electron chi connectivity index (χ3n) is 6.29. The highest BCUT2D eigenvalue weighted by Gasteiger charge is 2.66. The minimum absolute atomic E-state index is 0.00992. The maximum absolute atomic E-state index is 12.8. The summed E-state index contributed by atoms with van der Waals surface area (Å²) in [6, 6.07) is 7.48. The van der Waals surface area contributed by atoms with E-state index in [1.165, 1.54) is 11.3 Å². The number of likely N-dealkylation sites (tertiary alicyclic amines) is 1. The van der Waals surface area contributed by atoms with Gasteiger partial charge in [-0.05, 0) is 54.4 Å². The Morgan fingerprint density at radius 2 is 1.62 bits per heavy atom. The first kappa shape index (κ1) is 14.1. The molecule has 24 heavy (non-hydrogen) atoms. The fourth-order valence-corrected chi connectivity index (χ4v) is 5.05. The van der Waals surface area contributed by atoms with Crippen LogP contribution in [0.15, 0.2) is 36.4 Å². The molecule has 1 N–H and O–H groups in total. The molecule has 4 aliphatic carbocycles. The van der Waals surface area contributed by atoms with Crippen LogP contribution in [0.2, 0.25) is 0 Å². The van der Waals surface area contributed by atoms with Gasteiger partial charge in [0.2, 0.25) is 11.8 Å². The Balaban J connectivity index is 1.33. The zero-order chi connectivity index (χ0) is 16.4.